The lowest BCUT2D eigenvalue weighted by Gasteiger charge is -2.11. The van der Waals surface area contributed by atoms with Gasteiger partial charge in [-0.2, -0.15) is 0 Å². The summed E-state index contributed by atoms with van der Waals surface area (Å²) >= 11 is 0. The third-order valence-corrected chi connectivity index (χ3v) is 5.74. The molecular formula is C27H26N4O3. The molecule has 0 fully saturated rings. The van der Waals surface area contributed by atoms with E-state index in [1.165, 1.54) is 4.68 Å². The molecule has 0 saturated carbocycles. The maximum absolute atomic E-state index is 13.2. The highest BCUT2D eigenvalue weighted by molar-refractivity contribution is 6.09. The van der Waals surface area contributed by atoms with Crippen molar-refractivity contribution in [1.29, 1.82) is 0 Å². The fourth-order valence-corrected chi connectivity index (χ4v) is 3.86. The Morgan fingerprint density at radius 3 is 2.15 bits per heavy atom. The molecule has 0 aliphatic heterocycles. The molecule has 2 N–H and O–H groups in total. The van der Waals surface area contributed by atoms with Crippen LogP contribution >= 0.6 is 0 Å². The lowest BCUT2D eigenvalue weighted by Crippen LogP contribution is -2.28. The van der Waals surface area contributed by atoms with Crippen molar-refractivity contribution in [3.05, 3.63) is 118 Å². The van der Waals surface area contributed by atoms with Crippen LogP contribution in [-0.2, 0) is 13.5 Å². The van der Waals surface area contributed by atoms with Gasteiger partial charge in [0.2, 0.25) is 0 Å². The van der Waals surface area contributed by atoms with Crippen LogP contribution < -0.4 is 16.2 Å². The van der Waals surface area contributed by atoms with Crippen molar-refractivity contribution < 1.29 is 9.59 Å². The molecule has 4 rings (SSSR count). The number of amides is 2. The highest BCUT2D eigenvalue weighted by Gasteiger charge is 2.23. The van der Waals surface area contributed by atoms with Gasteiger partial charge < -0.3 is 10.6 Å². The zero-order valence-corrected chi connectivity index (χ0v) is 19.1. The fraction of sp³-hybridized carbons (Fsp3) is 0.148. The number of benzene rings is 3. The van der Waals surface area contributed by atoms with E-state index in [1.54, 1.807) is 55.1 Å². The predicted molar refractivity (Wildman–Crippen MR) is 133 cm³/mol. The first-order valence-corrected chi connectivity index (χ1v) is 11.0. The average molecular weight is 455 g/mol. The fourth-order valence-electron chi connectivity index (χ4n) is 3.86. The van der Waals surface area contributed by atoms with Crippen LogP contribution in [0.15, 0.2) is 89.7 Å². The van der Waals surface area contributed by atoms with Crippen LogP contribution in [0.5, 0.6) is 0 Å². The first kappa shape index (κ1) is 22.8. The number of carbonyl (C=O) groups excluding carboxylic acids is 2. The van der Waals surface area contributed by atoms with Crippen molar-refractivity contribution in [3.63, 3.8) is 0 Å². The summed E-state index contributed by atoms with van der Waals surface area (Å²) in [6, 6.07) is 25.8. The molecule has 2 amide bonds. The summed E-state index contributed by atoms with van der Waals surface area (Å²) in [7, 11) is 1.73. The van der Waals surface area contributed by atoms with Crippen molar-refractivity contribution >= 4 is 17.5 Å². The minimum Gasteiger partial charge on any atom is -0.352 e. The Kier molecular flexibility index (Phi) is 6.73. The summed E-state index contributed by atoms with van der Waals surface area (Å²) in [6.07, 6.45) is 0.698. The Balaban J connectivity index is 1.53. The second-order valence-electron chi connectivity index (χ2n) is 7.93. The lowest BCUT2D eigenvalue weighted by molar-refractivity contribution is 0.0955. The summed E-state index contributed by atoms with van der Waals surface area (Å²) in [5.41, 5.74) is 2.60. The molecule has 4 aromatic rings. The Labute approximate surface area is 197 Å². The summed E-state index contributed by atoms with van der Waals surface area (Å²) in [4.78, 5) is 39.1. The number of nitrogens with one attached hydrogen (secondary N) is 2. The molecule has 0 aliphatic rings. The molecule has 0 spiro atoms. The maximum atomic E-state index is 13.2. The number of anilines is 1. The van der Waals surface area contributed by atoms with Gasteiger partial charge in [-0.3, -0.25) is 19.1 Å². The maximum Gasteiger partial charge on any atom is 0.284 e. The Morgan fingerprint density at radius 1 is 0.824 bits per heavy atom. The largest absolute Gasteiger partial charge is 0.352 e. The van der Waals surface area contributed by atoms with Crippen molar-refractivity contribution in [2.75, 3.05) is 11.9 Å². The zero-order valence-electron chi connectivity index (χ0n) is 19.1. The van der Waals surface area contributed by atoms with Crippen molar-refractivity contribution in [3.8, 4) is 5.69 Å². The number of rotatable bonds is 7. The van der Waals surface area contributed by atoms with Crippen LogP contribution in [0.2, 0.25) is 0 Å². The summed E-state index contributed by atoms with van der Waals surface area (Å²) < 4.78 is 3.10. The molecule has 7 heteroatoms. The number of nitrogens with zero attached hydrogens (tertiary/aromatic N) is 2. The van der Waals surface area contributed by atoms with E-state index in [2.05, 4.69) is 10.6 Å². The SMILES string of the molecule is Cc1c(C(=O)Nc2ccccc2C(=O)NCCc2ccccc2)c(=O)n(-c2ccccc2)n1C. The molecule has 0 saturated heterocycles. The van der Waals surface area contributed by atoms with Crippen molar-refractivity contribution in [2.24, 2.45) is 7.05 Å². The summed E-state index contributed by atoms with van der Waals surface area (Å²) in [5, 5.41) is 5.66. The topological polar surface area (TPSA) is 85.1 Å². The number of hydrogen-bond acceptors (Lipinski definition) is 3. The molecule has 0 unspecified atom stereocenters. The highest BCUT2D eigenvalue weighted by Crippen LogP contribution is 2.17. The monoisotopic (exact) mass is 454 g/mol. The number of hydrogen-bond donors (Lipinski definition) is 2. The van der Waals surface area contributed by atoms with Crippen molar-refractivity contribution in [1.82, 2.24) is 14.7 Å². The third-order valence-electron chi connectivity index (χ3n) is 5.74. The molecule has 3 aromatic carbocycles. The molecular weight excluding hydrogens is 428 g/mol. The zero-order chi connectivity index (χ0) is 24.1. The first-order chi connectivity index (χ1) is 16.5. The van der Waals surface area contributed by atoms with E-state index >= 15 is 0 Å². The van der Waals surface area contributed by atoms with Crippen LogP contribution in [0.3, 0.4) is 0 Å². The second kappa shape index (κ2) is 10.0. The van der Waals surface area contributed by atoms with Crippen LogP contribution in [0, 0.1) is 6.92 Å². The van der Waals surface area contributed by atoms with Crippen LogP contribution in [-0.4, -0.2) is 27.7 Å². The predicted octanol–water partition coefficient (Wildman–Crippen LogP) is 3.71. The molecule has 1 aromatic heterocycles. The summed E-state index contributed by atoms with van der Waals surface area (Å²) in [6.45, 7) is 2.18. The lowest BCUT2D eigenvalue weighted by atomic mass is 10.1. The molecule has 34 heavy (non-hydrogen) atoms. The normalized spacial score (nSPS) is 10.6. The second-order valence-corrected chi connectivity index (χ2v) is 7.93. The quantitative estimate of drug-likeness (QED) is 0.446. The molecule has 0 radical (unpaired) electrons. The van der Waals surface area contributed by atoms with Gasteiger partial charge in [0, 0.05) is 13.6 Å². The standard InChI is InChI=1S/C27H26N4O3/c1-19-24(27(34)31(30(19)2)21-13-7-4-8-14-21)26(33)29-23-16-10-9-15-22(23)25(32)28-18-17-20-11-5-3-6-12-20/h3-16H,17-18H2,1-2H3,(H,28,32)(H,29,33). The van der Waals surface area contributed by atoms with E-state index in [-0.39, 0.29) is 11.5 Å². The smallest absolute Gasteiger partial charge is 0.284 e. The number of para-hydroxylation sites is 2. The molecule has 0 aliphatic carbocycles. The Morgan fingerprint density at radius 2 is 1.44 bits per heavy atom. The minimum absolute atomic E-state index is 0.0330. The molecule has 7 nitrogen and oxygen atoms in total. The minimum atomic E-state index is -0.558. The van der Waals surface area contributed by atoms with E-state index in [0.717, 1.165) is 5.56 Å². The van der Waals surface area contributed by atoms with Gasteiger partial charge in [0.05, 0.1) is 22.6 Å². The van der Waals surface area contributed by atoms with Gasteiger partial charge >= 0.3 is 0 Å². The van der Waals surface area contributed by atoms with Gasteiger partial charge in [-0.25, -0.2) is 4.68 Å². The van der Waals surface area contributed by atoms with Crippen LogP contribution in [0.4, 0.5) is 5.69 Å². The van der Waals surface area contributed by atoms with Crippen molar-refractivity contribution in [2.45, 2.75) is 13.3 Å². The van der Waals surface area contributed by atoms with E-state index in [1.807, 2.05) is 48.5 Å². The summed E-state index contributed by atoms with van der Waals surface area (Å²) in [5.74, 6) is -0.851. The van der Waals surface area contributed by atoms with Gasteiger partial charge in [0.1, 0.15) is 5.56 Å². The van der Waals surface area contributed by atoms with Gasteiger partial charge in [-0.15, -0.1) is 0 Å². The average Bonchev–Trinajstić information content (AvgIpc) is 3.08. The number of aromatic nitrogens is 2. The highest BCUT2D eigenvalue weighted by atomic mass is 16.2. The van der Waals surface area contributed by atoms with Gasteiger partial charge in [-0.1, -0.05) is 60.7 Å². The van der Waals surface area contributed by atoms with Crippen LogP contribution in [0.25, 0.3) is 5.69 Å². The molecule has 0 atom stereocenters. The third kappa shape index (κ3) is 4.68. The Bertz CT molecular complexity index is 1370. The Hall–Kier alpha value is -4.39. The molecule has 1 heterocycles. The van der Waals surface area contributed by atoms with Gasteiger partial charge in [0.25, 0.3) is 17.4 Å². The molecule has 0 bridgehead atoms. The van der Waals surface area contributed by atoms with Gasteiger partial charge in [-0.05, 0) is 43.2 Å². The molecule has 172 valence electrons. The van der Waals surface area contributed by atoms with E-state index in [4.69, 9.17) is 0 Å². The van der Waals surface area contributed by atoms with E-state index in [9.17, 15) is 14.4 Å². The van der Waals surface area contributed by atoms with E-state index < -0.39 is 11.5 Å². The van der Waals surface area contributed by atoms with Crippen LogP contribution in [0.1, 0.15) is 32.0 Å². The van der Waals surface area contributed by atoms with E-state index in [0.29, 0.717) is 35.6 Å². The van der Waals surface area contributed by atoms with Gasteiger partial charge in [0.15, 0.2) is 0 Å². The number of carbonyl (C=O) groups is 2. The first-order valence-electron chi connectivity index (χ1n) is 11.0.